The molecule has 1 saturated heterocycles. The molecule has 2 rings (SSSR count). The maximum atomic E-state index is 12.8. The molecule has 0 radical (unpaired) electrons. The van der Waals surface area contributed by atoms with Crippen LogP contribution in [-0.4, -0.2) is 74.2 Å². The molecule has 0 aliphatic carbocycles. The van der Waals surface area contributed by atoms with Crippen molar-refractivity contribution in [3.8, 4) is 6.07 Å². The largest absolute Gasteiger partial charge is 0.334 e. The zero-order valence-corrected chi connectivity index (χ0v) is 16.1. The lowest BCUT2D eigenvalue weighted by atomic mass is 10.2. The summed E-state index contributed by atoms with van der Waals surface area (Å²) in [4.78, 5) is 16.0. The number of amides is 1. The van der Waals surface area contributed by atoms with Crippen LogP contribution in [0, 0.1) is 11.3 Å². The molecule has 1 aromatic carbocycles. The predicted octanol–water partition coefficient (Wildman–Crippen LogP) is 1.07. The molecule has 7 nitrogen and oxygen atoms in total. The number of sulfonamides is 1. The Morgan fingerprint density at radius 1 is 1.15 bits per heavy atom. The van der Waals surface area contributed by atoms with Gasteiger partial charge >= 0.3 is 0 Å². The first-order valence-corrected chi connectivity index (χ1v) is 10.1. The molecule has 0 unspecified atom stereocenters. The van der Waals surface area contributed by atoms with Crippen LogP contribution in [0.4, 0.5) is 0 Å². The molecular weight excluding hydrogens is 364 g/mol. The molecule has 27 heavy (non-hydrogen) atoms. The number of piperazine rings is 1. The lowest BCUT2D eigenvalue weighted by Gasteiger charge is -2.34. The summed E-state index contributed by atoms with van der Waals surface area (Å²) in [6.07, 6.45) is 3.33. The lowest BCUT2D eigenvalue weighted by molar-refractivity contribution is -0.131. The van der Waals surface area contributed by atoms with E-state index in [-0.39, 0.29) is 36.0 Å². The zero-order chi connectivity index (χ0) is 19.9. The molecule has 1 aliphatic rings. The van der Waals surface area contributed by atoms with E-state index < -0.39 is 10.0 Å². The van der Waals surface area contributed by atoms with Gasteiger partial charge in [-0.3, -0.25) is 9.69 Å². The van der Waals surface area contributed by atoms with Gasteiger partial charge in [0.1, 0.15) is 6.07 Å². The number of carbonyl (C=O) groups is 1. The van der Waals surface area contributed by atoms with E-state index in [2.05, 4.69) is 13.2 Å². The highest BCUT2D eigenvalue weighted by Crippen LogP contribution is 2.21. The minimum atomic E-state index is -3.73. The fourth-order valence-corrected chi connectivity index (χ4v) is 4.50. The summed E-state index contributed by atoms with van der Waals surface area (Å²) in [7, 11) is -3.73. The molecule has 1 fully saturated rings. The third kappa shape index (κ3) is 5.04. The SMILES string of the molecule is C=CCN(CC=C)C(=O)CN1CCN(S(=O)(=O)c2ccccc2C#N)CC1. The van der Waals surface area contributed by atoms with Gasteiger partial charge < -0.3 is 4.90 Å². The quantitative estimate of drug-likeness (QED) is 0.622. The highest BCUT2D eigenvalue weighted by Gasteiger charge is 2.31. The van der Waals surface area contributed by atoms with E-state index >= 15 is 0 Å². The molecule has 1 aromatic rings. The molecule has 0 spiro atoms. The van der Waals surface area contributed by atoms with Crippen molar-refractivity contribution in [3.63, 3.8) is 0 Å². The Bertz CT molecular complexity index is 827. The van der Waals surface area contributed by atoms with Crippen molar-refractivity contribution < 1.29 is 13.2 Å². The van der Waals surface area contributed by atoms with Gasteiger partial charge in [0.15, 0.2) is 0 Å². The molecule has 1 aliphatic heterocycles. The van der Waals surface area contributed by atoms with Crippen LogP contribution >= 0.6 is 0 Å². The van der Waals surface area contributed by atoms with Gasteiger partial charge in [0.05, 0.1) is 17.0 Å². The molecular formula is C19H24N4O3S. The average Bonchev–Trinajstić information content (AvgIpc) is 2.68. The van der Waals surface area contributed by atoms with Gasteiger partial charge in [0.25, 0.3) is 0 Å². The first-order chi connectivity index (χ1) is 12.9. The van der Waals surface area contributed by atoms with Crippen LogP contribution in [0.3, 0.4) is 0 Å². The third-order valence-corrected chi connectivity index (χ3v) is 6.32. The van der Waals surface area contributed by atoms with Crippen LogP contribution in [0.25, 0.3) is 0 Å². The Hall–Kier alpha value is -2.47. The highest BCUT2D eigenvalue weighted by molar-refractivity contribution is 7.89. The Balaban J connectivity index is 2.00. The molecule has 0 atom stereocenters. The smallest absolute Gasteiger partial charge is 0.244 e. The Morgan fingerprint density at radius 2 is 1.74 bits per heavy atom. The molecule has 0 bridgehead atoms. The van der Waals surface area contributed by atoms with Crippen LogP contribution < -0.4 is 0 Å². The summed E-state index contributed by atoms with van der Waals surface area (Å²) in [5.41, 5.74) is 0.139. The summed E-state index contributed by atoms with van der Waals surface area (Å²) in [5, 5.41) is 9.16. The average molecular weight is 388 g/mol. The minimum absolute atomic E-state index is 0.0279. The standard InChI is InChI=1S/C19H24N4O3S/c1-3-9-22(10-4-2)19(24)16-21-11-13-23(14-12-21)27(25,26)18-8-6-5-7-17(18)15-20/h3-8H,1-2,9-14,16H2. The van der Waals surface area contributed by atoms with E-state index in [4.69, 9.17) is 5.26 Å². The second-order valence-electron chi connectivity index (χ2n) is 6.16. The Labute approximate surface area is 160 Å². The van der Waals surface area contributed by atoms with E-state index in [1.165, 1.54) is 16.4 Å². The van der Waals surface area contributed by atoms with Crippen molar-refractivity contribution in [2.75, 3.05) is 45.8 Å². The van der Waals surface area contributed by atoms with E-state index in [9.17, 15) is 13.2 Å². The van der Waals surface area contributed by atoms with Gasteiger partial charge in [0, 0.05) is 39.3 Å². The highest BCUT2D eigenvalue weighted by atomic mass is 32.2. The van der Waals surface area contributed by atoms with E-state index in [0.717, 1.165) is 0 Å². The van der Waals surface area contributed by atoms with Gasteiger partial charge in [-0.2, -0.15) is 9.57 Å². The summed E-state index contributed by atoms with van der Waals surface area (Å²) >= 11 is 0. The number of carbonyl (C=O) groups excluding carboxylic acids is 1. The van der Waals surface area contributed by atoms with Crippen LogP contribution in [0.1, 0.15) is 5.56 Å². The van der Waals surface area contributed by atoms with Crippen molar-refractivity contribution in [1.82, 2.24) is 14.1 Å². The van der Waals surface area contributed by atoms with Crippen molar-refractivity contribution >= 4 is 15.9 Å². The van der Waals surface area contributed by atoms with Gasteiger partial charge in [0.2, 0.25) is 15.9 Å². The van der Waals surface area contributed by atoms with Crippen LogP contribution in [0.2, 0.25) is 0 Å². The van der Waals surface area contributed by atoms with E-state index in [1.54, 1.807) is 29.2 Å². The molecule has 8 heteroatoms. The number of hydrogen-bond donors (Lipinski definition) is 0. The molecule has 0 N–H and O–H groups in total. The Morgan fingerprint density at radius 3 is 2.30 bits per heavy atom. The lowest BCUT2D eigenvalue weighted by Crippen LogP contribution is -2.51. The predicted molar refractivity (Wildman–Crippen MR) is 103 cm³/mol. The van der Waals surface area contributed by atoms with Crippen molar-refractivity contribution in [1.29, 1.82) is 5.26 Å². The topological polar surface area (TPSA) is 84.7 Å². The summed E-state index contributed by atoms with van der Waals surface area (Å²) in [6, 6.07) is 8.12. The minimum Gasteiger partial charge on any atom is -0.334 e. The number of hydrogen-bond acceptors (Lipinski definition) is 5. The van der Waals surface area contributed by atoms with Crippen molar-refractivity contribution in [3.05, 3.63) is 55.1 Å². The van der Waals surface area contributed by atoms with Gasteiger partial charge in [-0.25, -0.2) is 8.42 Å². The maximum Gasteiger partial charge on any atom is 0.244 e. The molecule has 1 heterocycles. The first-order valence-electron chi connectivity index (χ1n) is 8.65. The van der Waals surface area contributed by atoms with E-state index in [0.29, 0.717) is 26.2 Å². The summed E-state index contributed by atoms with van der Waals surface area (Å²) < 4.78 is 27.0. The number of benzene rings is 1. The zero-order valence-electron chi connectivity index (χ0n) is 15.2. The van der Waals surface area contributed by atoms with Crippen molar-refractivity contribution in [2.24, 2.45) is 0 Å². The monoisotopic (exact) mass is 388 g/mol. The fraction of sp³-hybridized carbons (Fsp3) is 0.368. The number of nitrogens with zero attached hydrogens (tertiary/aromatic N) is 4. The molecule has 0 saturated carbocycles. The van der Waals surface area contributed by atoms with Crippen LogP contribution in [0.5, 0.6) is 0 Å². The van der Waals surface area contributed by atoms with Gasteiger partial charge in [-0.05, 0) is 12.1 Å². The fourth-order valence-electron chi connectivity index (χ4n) is 2.93. The normalized spacial score (nSPS) is 15.7. The second-order valence-corrected chi connectivity index (χ2v) is 8.07. The third-order valence-electron chi connectivity index (χ3n) is 4.37. The van der Waals surface area contributed by atoms with Crippen LogP contribution in [-0.2, 0) is 14.8 Å². The van der Waals surface area contributed by atoms with Crippen LogP contribution in [0.15, 0.2) is 54.5 Å². The van der Waals surface area contributed by atoms with Gasteiger partial charge in [-0.1, -0.05) is 24.3 Å². The van der Waals surface area contributed by atoms with Crippen molar-refractivity contribution in [2.45, 2.75) is 4.90 Å². The molecule has 0 aromatic heterocycles. The second kappa shape index (κ2) is 9.46. The summed E-state index contributed by atoms with van der Waals surface area (Å²) in [5.74, 6) is -0.0408. The first kappa shape index (κ1) is 20.8. The number of nitriles is 1. The van der Waals surface area contributed by atoms with E-state index in [1.807, 2.05) is 11.0 Å². The molecule has 144 valence electrons. The number of rotatable bonds is 8. The summed E-state index contributed by atoms with van der Waals surface area (Å²) in [6.45, 7) is 9.89. The Kier molecular flexibility index (Phi) is 7.30. The van der Waals surface area contributed by atoms with Gasteiger partial charge in [-0.15, -0.1) is 13.2 Å². The maximum absolute atomic E-state index is 12.8. The molecule has 1 amide bonds.